The molecule has 2 rings (SSSR count). The Balaban J connectivity index is 2.01. The minimum atomic E-state index is -0.317. The van der Waals surface area contributed by atoms with Crippen molar-refractivity contribution >= 4 is 28.6 Å². The number of aromatic nitrogens is 1. The molecule has 0 aliphatic carbocycles. The lowest BCUT2D eigenvalue weighted by Gasteiger charge is -2.21. The lowest BCUT2D eigenvalue weighted by molar-refractivity contribution is 0.0907. The Bertz CT molecular complexity index is 547. The number of nitrogens with zero attached hydrogens (tertiary/aromatic N) is 1. The van der Waals surface area contributed by atoms with Crippen LogP contribution in [0.2, 0.25) is 0 Å². The summed E-state index contributed by atoms with van der Waals surface area (Å²) in [6.45, 7) is 4.25. The normalized spacial score (nSPS) is 11.5. The summed E-state index contributed by atoms with van der Waals surface area (Å²) in [6.07, 6.45) is 0. The number of rotatable bonds is 5. The van der Waals surface area contributed by atoms with Gasteiger partial charge >= 0.3 is 0 Å². The number of thiophene rings is 1. The first-order chi connectivity index (χ1) is 9.02. The summed E-state index contributed by atoms with van der Waals surface area (Å²) in [4.78, 5) is 17.3. The average Bonchev–Trinajstić information content (AvgIpc) is 3.05. The van der Waals surface area contributed by atoms with E-state index in [2.05, 4.69) is 10.3 Å². The smallest absolute Gasteiger partial charge is 0.270 e. The van der Waals surface area contributed by atoms with Crippen LogP contribution in [0.5, 0.6) is 0 Å². The fourth-order valence-corrected chi connectivity index (χ4v) is 2.97. The van der Waals surface area contributed by atoms with Gasteiger partial charge in [0.1, 0.15) is 10.7 Å². The van der Waals surface area contributed by atoms with Gasteiger partial charge in [-0.25, -0.2) is 4.98 Å². The van der Waals surface area contributed by atoms with Gasteiger partial charge in [0.15, 0.2) is 0 Å². The molecule has 0 fully saturated rings. The minimum absolute atomic E-state index is 0.0325. The van der Waals surface area contributed by atoms with Crippen LogP contribution in [-0.2, 0) is 0 Å². The van der Waals surface area contributed by atoms with Crippen molar-refractivity contribution < 1.29 is 9.90 Å². The maximum absolute atomic E-state index is 11.9. The first kappa shape index (κ1) is 14.2. The molecule has 2 heterocycles. The number of aliphatic hydroxyl groups excluding tert-OH is 1. The molecule has 0 saturated carbocycles. The maximum Gasteiger partial charge on any atom is 0.270 e. The Morgan fingerprint density at radius 1 is 1.47 bits per heavy atom. The lowest BCUT2D eigenvalue weighted by atomic mass is 9.95. The fourth-order valence-electron chi connectivity index (χ4n) is 1.36. The molecule has 0 spiro atoms. The monoisotopic (exact) mass is 296 g/mol. The summed E-state index contributed by atoms with van der Waals surface area (Å²) in [5, 5.41) is 16.5. The number of carbonyl (C=O) groups is 1. The molecule has 0 unspecified atom stereocenters. The zero-order valence-corrected chi connectivity index (χ0v) is 12.5. The molecule has 2 aromatic rings. The third-order valence-corrected chi connectivity index (χ3v) is 4.51. The van der Waals surface area contributed by atoms with Crippen LogP contribution >= 0.6 is 22.7 Å². The second kappa shape index (κ2) is 5.81. The molecule has 0 atom stereocenters. The third kappa shape index (κ3) is 3.62. The predicted molar refractivity (Wildman–Crippen MR) is 78.6 cm³/mol. The number of hydrogen-bond acceptors (Lipinski definition) is 5. The highest BCUT2D eigenvalue weighted by Gasteiger charge is 2.19. The first-order valence-electron chi connectivity index (χ1n) is 5.90. The second-order valence-electron chi connectivity index (χ2n) is 5.02. The van der Waals surface area contributed by atoms with E-state index in [0.29, 0.717) is 12.2 Å². The van der Waals surface area contributed by atoms with Crippen molar-refractivity contribution in [1.82, 2.24) is 10.3 Å². The SMILES string of the molecule is CC(C)(CO)CNC(=O)c1csc(-c2cccs2)n1. The van der Waals surface area contributed by atoms with Gasteiger partial charge in [0.25, 0.3) is 5.91 Å². The molecule has 2 N–H and O–H groups in total. The highest BCUT2D eigenvalue weighted by molar-refractivity contribution is 7.20. The summed E-state index contributed by atoms with van der Waals surface area (Å²) >= 11 is 3.07. The van der Waals surface area contributed by atoms with Crippen LogP contribution < -0.4 is 5.32 Å². The van der Waals surface area contributed by atoms with Gasteiger partial charge in [-0.3, -0.25) is 4.79 Å². The van der Waals surface area contributed by atoms with Gasteiger partial charge in [-0.2, -0.15) is 0 Å². The number of amides is 1. The quantitative estimate of drug-likeness (QED) is 0.891. The topological polar surface area (TPSA) is 62.2 Å². The molecule has 4 nitrogen and oxygen atoms in total. The Hall–Kier alpha value is -1.24. The van der Waals surface area contributed by atoms with Gasteiger partial charge in [0.05, 0.1) is 4.88 Å². The highest BCUT2D eigenvalue weighted by Crippen LogP contribution is 2.27. The summed E-state index contributed by atoms with van der Waals surface area (Å²) < 4.78 is 0. The van der Waals surface area contributed by atoms with Crippen molar-refractivity contribution in [2.24, 2.45) is 5.41 Å². The zero-order chi connectivity index (χ0) is 13.9. The molecule has 0 aliphatic rings. The fraction of sp³-hybridized carbons (Fsp3) is 0.385. The largest absolute Gasteiger partial charge is 0.396 e. The molecule has 102 valence electrons. The van der Waals surface area contributed by atoms with Gasteiger partial charge in [0, 0.05) is 23.9 Å². The molecular formula is C13H16N2O2S2. The number of hydrogen-bond donors (Lipinski definition) is 2. The Kier molecular flexibility index (Phi) is 4.34. The van der Waals surface area contributed by atoms with Crippen molar-refractivity contribution in [1.29, 1.82) is 0 Å². The van der Waals surface area contributed by atoms with E-state index >= 15 is 0 Å². The molecule has 1 amide bonds. The highest BCUT2D eigenvalue weighted by atomic mass is 32.1. The van der Waals surface area contributed by atoms with Gasteiger partial charge in [-0.05, 0) is 11.4 Å². The van der Waals surface area contributed by atoms with E-state index in [9.17, 15) is 4.79 Å². The van der Waals surface area contributed by atoms with Crippen LogP contribution in [-0.4, -0.2) is 29.1 Å². The standard InChI is InChI=1S/C13H16N2O2S2/c1-13(2,8-16)7-14-11(17)9-6-19-12(15-9)10-4-3-5-18-10/h3-6,16H,7-8H2,1-2H3,(H,14,17). The summed E-state index contributed by atoms with van der Waals surface area (Å²) in [6, 6.07) is 3.95. The van der Waals surface area contributed by atoms with E-state index < -0.39 is 0 Å². The zero-order valence-electron chi connectivity index (χ0n) is 10.8. The first-order valence-corrected chi connectivity index (χ1v) is 7.66. The Labute approximate surface area is 120 Å². The van der Waals surface area contributed by atoms with Crippen LogP contribution in [0.3, 0.4) is 0 Å². The van der Waals surface area contributed by atoms with Crippen LogP contribution in [0.1, 0.15) is 24.3 Å². The van der Waals surface area contributed by atoms with Crippen LogP contribution in [0, 0.1) is 5.41 Å². The molecule has 0 radical (unpaired) electrons. The van der Waals surface area contributed by atoms with Crippen LogP contribution in [0.4, 0.5) is 0 Å². The molecule has 0 saturated heterocycles. The van der Waals surface area contributed by atoms with E-state index in [1.807, 2.05) is 31.4 Å². The molecular weight excluding hydrogens is 280 g/mol. The number of aliphatic hydroxyl groups is 1. The van der Waals surface area contributed by atoms with Crippen LogP contribution in [0.15, 0.2) is 22.9 Å². The Morgan fingerprint density at radius 3 is 2.89 bits per heavy atom. The van der Waals surface area contributed by atoms with Crippen molar-refractivity contribution in [3.8, 4) is 9.88 Å². The molecule has 0 aromatic carbocycles. The van der Waals surface area contributed by atoms with Crippen LogP contribution in [0.25, 0.3) is 9.88 Å². The molecule has 0 bridgehead atoms. The number of nitrogens with one attached hydrogen (secondary N) is 1. The van der Waals surface area contributed by atoms with Gasteiger partial charge in [-0.1, -0.05) is 19.9 Å². The van der Waals surface area contributed by atoms with Crippen molar-refractivity contribution in [2.75, 3.05) is 13.2 Å². The molecule has 6 heteroatoms. The lowest BCUT2D eigenvalue weighted by Crippen LogP contribution is -2.36. The summed E-state index contributed by atoms with van der Waals surface area (Å²) in [5.74, 6) is -0.194. The number of carbonyl (C=O) groups excluding carboxylic acids is 1. The predicted octanol–water partition coefficient (Wildman–Crippen LogP) is 2.62. The third-order valence-electron chi connectivity index (χ3n) is 2.62. The Morgan fingerprint density at radius 2 is 2.26 bits per heavy atom. The number of thiazole rings is 1. The van der Waals surface area contributed by atoms with E-state index in [0.717, 1.165) is 9.88 Å². The summed E-state index contributed by atoms with van der Waals surface area (Å²) in [5.41, 5.74) is 0.115. The van der Waals surface area contributed by atoms with Crippen molar-refractivity contribution in [3.63, 3.8) is 0 Å². The average molecular weight is 296 g/mol. The van der Waals surface area contributed by atoms with E-state index in [1.54, 1.807) is 16.7 Å². The van der Waals surface area contributed by atoms with E-state index in [4.69, 9.17) is 5.11 Å². The molecule has 0 aliphatic heterocycles. The van der Waals surface area contributed by atoms with Crippen molar-refractivity contribution in [2.45, 2.75) is 13.8 Å². The van der Waals surface area contributed by atoms with Gasteiger partial charge in [-0.15, -0.1) is 22.7 Å². The van der Waals surface area contributed by atoms with Gasteiger partial charge < -0.3 is 10.4 Å². The van der Waals surface area contributed by atoms with Crippen molar-refractivity contribution in [3.05, 3.63) is 28.6 Å². The minimum Gasteiger partial charge on any atom is -0.396 e. The second-order valence-corrected chi connectivity index (χ2v) is 6.83. The maximum atomic E-state index is 11.9. The molecule has 19 heavy (non-hydrogen) atoms. The van der Waals surface area contributed by atoms with E-state index in [-0.39, 0.29) is 17.9 Å². The van der Waals surface area contributed by atoms with Gasteiger partial charge in [0.2, 0.25) is 0 Å². The summed E-state index contributed by atoms with van der Waals surface area (Å²) in [7, 11) is 0. The molecule has 2 aromatic heterocycles. The van der Waals surface area contributed by atoms with E-state index in [1.165, 1.54) is 11.3 Å².